The Morgan fingerprint density at radius 2 is 1.10 bits per heavy atom. The third-order valence-electron chi connectivity index (χ3n) is 9.02. The molecule has 2 aliphatic heterocycles. The van der Waals surface area contributed by atoms with Crippen molar-refractivity contribution in [3.05, 3.63) is 151 Å². The number of anilines is 4. The molecule has 2 aliphatic rings. The van der Waals surface area contributed by atoms with Crippen LogP contribution in [-0.4, -0.2) is 38.6 Å². The van der Waals surface area contributed by atoms with Crippen molar-refractivity contribution in [2.75, 3.05) is 10.6 Å². The number of hydrogen-bond acceptors (Lipinski definition) is 7. The van der Waals surface area contributed by atoms with Crippen LogP contribution in [0, 0.1) is 0 Å². The molecular formula is C40H34N10. The van der Waals surface area contributed by atoms with Crippen LogP contribution in [0.2, 0.25) is 0 Å². The van der Waals surface area contributed by atoms with Crippen molar-refractivity contribution in [3.63, 3.8) is 0 Å². The summed E-state index contributed by atoms with van der Waals surface area (Å²) in [6, 6.07) is 30.9. The molecule has 4 aromatic heterocycles. The lowest BCUT2D eigenvalue weighted by atomic mass is 10.1. The molecule has 0 bridgehead atoms. The van der Waals surface area contributed by atoms with Crippen molar-refractivity contribution in [1.29, 1.82) is 0 Å². The fraction of sp³-hybridized carbons (Fsp3) is 0.125. The lowest BCUT2D eigenvalue weighted by Gasteiger charge is -2.13. The average molecular weight is 655 g/mol. The molecule has 6 heterocycles. The molecule has 0 amide bonds. The summed E-state index contributed by atoms with van der Waals surface area (Å²) in [6.07, 6.45) is 16.7. The monoisotopic (exact) mass is 654 g/mol. The van der Waals surface area contributed by atoms with Crippen molar-refractivity contribution in [2.24, 2.45) is 0 Å². The van der Waals surface area contributed by atoms with Crippen LogP contribution >= 0.6 is 0 Å². The van der Waals surface area contributed by atoms with E-state index >= 15 is 0 Å². The maximum atomic E-state index is 4.89. The van der Waals surface area contributed by atoms with E-state index in [1.54, 1.807) is 0 Å². The van der Waals surface area contributed by atoms with Crippen molar-refractivity contribution in [2.45, 2.75) is 32.5 Å². The third-order valence-corrected chi connectivity index (χ3v) is 9.02. The van der Waals surface area contributed by atoms with E-state index in [9.17, 15) is 0 Å². The van der Waals surface area contributed by atoms with Gasteiger partial charge in [-0.25, -0.2) is 9.97 Å². The van der Waals surface area contributed by atoms with Crippen LogP contribution in [0.15, 0.2) is 134 Å². The quantitative estimate of drug-likeness (QED) is 0.153. The smallest absolute Gasteiger partial charge is 0.232 e. The Labute approximate surface area is 289 Å². The molecule has 0 atom stereocenters. The summed E-state index contributed by atoms with van der Waals surface area (Å²) in [5.74, 6) is 3.62. The Balaban J connectivity index is 1.00. The molecule has 7 aromatic rings. The number of nitrogens with one attached hydrogen (secondary N) is 2. The topological polar surface area (TPSA) is 103 Å². The van der Waals surface area contributed by atoms with Crippen LogP contribution in [0.1, 0.15) is 17.2 Å². The van der Waals surface area contributed by atoms with Gasteiger partial charge in [-0.3, -0.25) is 0 Å². The number of allylic oxidation sites excluding steroid dienone is 4. The Morgan fingerprint density at radius 3 is 1.64 bits per heavy atom. The number of fused-ring (bicyclic) bond motifs is 2. The second-order valence-corrected chi connectivity index (χ2v) is 12.5. The Bertz CT molecular complexity index is 2170. The van der Waals surface area contributed by atoms with Crippen LogP contribution in [-0.2, 0) is 32.5 Å². The molecule has 0 saturated heterocycles. The minimum atomic E-state index is 0.440. The number of aromatic nitrogens is 8. The molecule has 0 saturated carbocycles. The lowest BCUT2D eigenvalue weighted by Crippen LogP contribution is -2.08. The molecule has 50 heavy (non-hydrogen) atoms. The summed E-state index contributed by atoms with van der Waals surface area (Å²) in [5.41, 5.74) is 7.88. The van der Waals surface area contributed by atoms with Gasteiger partial charge in [0, 0.05) is 73.6 Å². The zero-order valence-electron chi connectivity index (χ0n) is 27.3. The van der Waals surface area contributed by atoms with Gasteiger partial charge in [0.1, 0.15) is 11.6 Å². The van der Waals surface area contributed by atoms with Gasteiger partial charge in [0.2, 0.25) is 11.9 Å². The summed E-state index contributed by atoms with van der Waals surface area (Å²) in [4.78, 5) is 24.3. The third kappa shape index (κ3) is 6.10. The van der Waals surface area contributed by atoms with E-state index in [0.717, 1.165) is 77.2 Å². The largest absolute Gasteiger partial charge is 0.341 e. The molecule has 244 valence electrons. The fourth-order valence-electron chi connectivity index (χ4n) is 6.43. The van der Waals surface area contributed by atoms with E-state index < -0.39 is 0 Å². The highest BCUT2D eigenvalue weighted by Gasteiger charge is 2.15. The number of imidazole rings is 2. The standard InChI is InChI=1S/C40H34N10/c1-2-9-28(10-3-1)25-48-24-8-11-35(48)38-45-39(41-31-18-14-29(15-19-31)33-26-49-22-6-4-12-36(49)43-33)47-40(46-38)42-32-20-16-30(17-21-32)34-27-50-23-7-5-13-37(50)44-34/h1-11,14-21,24,26-27H,12-13,22-23,25H2,(H2,41,42,45,46,47). The molecule has 10 nitrogen and oxygen atoms in total. The lowest BCUT2D eigenvalue weighted by molar-refractivity contribution is 0.736. The van der Waals surface area contributed by atoms with E-state index in [1.807, 2.05) is 42.5 Å². The molecule has 0 unspecified atom stereocenters. The normalized spacial score (nSPS) is 13.2. The second-order valence-electron chi connectivity index (χ2n) is 12.5. The van der Waals surface area contributed by atoms with E-state index in [1.165, 1.54) is 5.56 Å². The van der Waals surface area contributed by atoms with Gasteiger partial charge < -0.3 is 24.3 Å². The maximum Gasteiger partial charge on any atom is 0.232 e. The first-order chi connectivity index (χ1) is 24.7. The Morgan fingerprint density at radius 1 is 0.540 bits per heavy atom. The van der Waals surface area contributed by atoms with Gasteiger partial charge in [0.25, 0.3) is 0 Å². The van der Waals surface area contributed by atoms with E-state index in [4.69, 9.17) is 24.9 Å². The SMILES string of the molecule is C1=CCn2cc(-c3ccc(Nc4nc(Nc5ccc(-c6cn7c(n6)CC=CC7)cc5)nc(-c5cccn5Cc5ccccc5)n4)cc3)nc2C1. The van der Waals surface area contributed by atoms with Gasteiger partial charge >= 0.3 is 0 Å². The van der Waals surface area contributed by atoms with E-state index in [0.29, 0.717) is 24.3 Å². The summed E-state index contributed by atoms with van der Waals surface area (Å²) in [6.45, 7) is 2.43. The van der Waals surface area contributed by atoms with Crippen LogP contribution in [0.25, 0.3) is 34.0 Å². The summed E-state index contributed by atoms with van der Waals surface area (Å²) in [5, 5.41) is 6.84. The molecule has 0 fully saturated rings. The summed E-state index contributed by atoms with van der Waals surface area (Å²) >= 11 is 0. The second kappa shape index (κ2) is 12.8. The minimum absolute atomic E-state index is 0.440. The zero-order chi connectivity index (χ0) is 33.3. The van der Waals surface area contributed by atoms with Crippen molar-refractivity contribution < 1.29 is 0 Å². The number of nitrogens with zero attached hydrogens (tertiary/aromatic N) is 8. The predicted molar refractivity (Wildman–Crippen MR) is 196 cm³/mol. The summed E-state index contributed by atoms with van der Waals surface area (Å²) < 4.78 is 6.55. The van der Waals surface area contributed by atoms with Gasteiger partial charge in [-0.1, -0.05) is 78.9 Å². The maximum absolute atomic E-state index is 4.89. The van der Waals surface area contributed by atoms with Gasteiger partial charge in [-0.2, -0.15) is 15.0 Å². The van der Waals surface area contributed by atoms with Gasteiger partial charge in [-0.05, 0) is 42.0 Å². The predicted octanol–water partition coefficient (Wildman–Crippen LogP) is 7.83. The first-order valence-corrected chi connectivity index (χ1v) is 16.8. The zero-order valence-corrected chi connectivity index (χ0v) is 27.3. The number of rotatable bonds is 9. The average Bonchev–Trinajstić information content (AvgIpc) is 3.91. The Hall–Kier alpha value is -6.55. The van der Waals surface area contributed by atoms with Crippen LogP contribution in [0.5, 0.6) is 0 Å². The highest BCUT2D eigenvalue weighted by atomic mass is 15.2. The molecule has 3 aromatic carbocycles. The fourth-order valence-corrected chi connectivity index (χ4v) is 6.43. The van der Waals surface area contributed by atoms with E-state index in [2.05, 4.69) is 116 Å². The van der Waals surface area contributed by atoms with Gasteiger partial charge in [0.05, 0.1) is 17.1 Å². The molecule has 10 heteroatoms. The van der Waals surface area contributed by atoms with Gasteiger partial charge in [-0.15, -0.1) is 0 Å². The molecular weight excluding hydrogens is 621 g/mol. The number of benzene rings is 3. The van der Waals surface area contributed by atoms with Crippen molar-refractivity contribution in [3.8, 4) is 34.0 Å². The van der Waals surface area contributed by atoms with Crippen molar-refractivity contribution in [1.82, 2.24) is 38.6 Å². The Kier molecular flexibility index (Phi) is 7.58. The first kappa shape index (κ1) is 29.6. The van der Waals surface area contributed by atoms with Gasteiger partial charge in [0.15, 0.2) is 5.82 Å². The molecule has 9 rings (SSSR count). The molecule has 0 aliphatic carbocycles. The van der Waals surface area contributed by atoms with Crippen LogP contribution < -0.4 is 10.6 Å². The molecule has 0 spiro atoms. The highest BCUT2D eigenvalue weighted by molar-refractivity contribution is 5.68. The first-order valence-electron chi connectivity index (χ1n) is 16.8. The minimum Gasteiger partial charge on any atom is -0.341 e. The number of hydrogen-bond donors (Lipinski definition) is 2. The molecule has 2 N–H and O–H groups in total. The summed E-state index contributed by atoms with van der Waals surface area (Å²) in [7, 11) is 0. The highest BCUT2D eigenvalue weighted by Crippen LogP contribution is 2.28. The van der Waals surface area contributed by atoms with E-state index in [-0.39, 0.29) is 0 Å². The van der Waals surface area contributed by atoms with Crippen LogP contribution in [0.3, 0.4) is 0 Å². The van der Waals surface area contributed by atoms with Crippen LogP contribution in [0.4, 0.5) is 23.3 Å². The molecule has 0 radical (unpaired) electrons. The van der Waals surface area contributed by atoms with Crippen molar-refractivity contribution >= 4 is 23.3 Å².